The van der Waals surface area contributed by atoms with E-state index in [1.54, 1.807) is 0 Å². The van der Waals surface area contributed by atoms with Crippen molar-refractivity contribution in [3.05, 3.63) is 59.7 Å². The van der Waals surface area contributed by atoms with Crippen molar-refractivity contribution in [1.29, 1.82) is 0 Å². The van der Waals surface area contributed by atoms with E-state index in [2.05, 4.69) is 22.8 Å². The van der Waals surface area contributed by atoms with Crippen LogP contribution in [-0.4, -0.2) is 12.0 Å². The third kappa shape index (κ3) is 3.90. The minimum absolute atomic E-state index is 0.0475. The fraction of sp³-hybridized carbons (Fsp3) is 0.316. The van der Waals surface area contributed by atoms with Gasteiger partial charge in [-0.25, -0.2) is 0 Å². The number of anilines is 1. The lowest BCUT2D eigenvalue weighted by molar-refractivity contribution is -0.123. The van der Waals surface area contributed by atoms with Gasteiger partial charge in [-0.2, -0.15) is 0 Å². The Morgan fingerprint density at radius 2 is 1.87 bits per heavy atom. The fourth-order valence-corrected chi connectivity index (χ4v) is 2.71. The highest BCUT2D eigenvalue weighted by molar-refractivity contribution is 5.97. The van der Waals surface area contributed by atoms with Gasteiger partial charge in [-0.15, -0.1) is 0 Å². The van der Waals surface area contributed by atoms with Gasteiger partial charge in [-0.3, -0.25) is 4.79 Å². The first-order chi connectivity index (χ1) is 11.3. The van der Waals surface area contributed by atoms with E-state index in [1.807, 2.05) is 43.3 Å². The van der Waals surface area contributed by atoms with E-state index < -0.39 is 0 Å². The summed E-state index contributed by atoms with van der Waals surface area (Å²) in [6.07, 6.45) is 1.30. The molecule has 2 aromatic rings. The maximum atomic E-state index is 12.0. The van der Waals surface area contributed by atoms with Crippen LogP contribution in [0.2, 0.25) is 0 Å². The number of fused-ring (bicyclic) bond motifs is 1. The fourth-order valence-electron chi connectivity index (χ4n) is 2.71. The van der Waals surface area contributed by atoms with Gasteiger partial charge in [0.15, 0.2) is 6.10 Å². The molecule has 1 amide bonds. The molecule has 3 rings (SSSR count). The molecule has 1 aliphatic rings. The summed E-state index contributed by atoms with van der Waals surface area (Å²) in [5.74, 6) is 0.712. The van der Waals surface area contributed by atoms with E-state index in [4.69, 9.17) is 4.74 Å². The second-order valence-electron chi connectivity index (χ2n) is 5.80. The molecule has 2 N–H and O–H groups in total. The molecule has 23 heavy (non-hydrogen) atoms. The van der Waals surface area contributed by atoms with E-state index in [1.165, 1.54) is 5.56 Å². The van der Waals surface area contributed by atoms with Crippen molar-refractivity contribution < 1.29 is 9.53 Å². The Labute approximate surface area is 136 Å². The molecule has 0 spiro atoms. The highest BCUT2D eigenvalue weighted by Crippen LogP contribution is 2.31. The van der Waals surface area contributed by atoms with Crippen LogP contribution in [0.1, 0.15) is 30.9 Å². The van der Waals surface area contributed by atoms with Crippen LogP contribution in [0, 0.1) is 0 Å². The molecule has 0 saturated heterocycles. The summed E-state index contributed by atoms with van der Waals surface area (Å²) in [4.78, 5) is 12.0. The predicted molar refractivity (Wildman–Crippen MR) is 91.4 cm³/mol. The largest absolute Gasteiger partial charge is 0.478 e. The van der Waals surface area contributed by atoms with Crippen molar-refractivity contribution in [2.45, 2.75) is 39.0 Å². The van der Waals surface area contributed by atoms with Gasteiger partial charge in [-0.1, -0.05) is 49.7 Å². The third-order valence-electron chi connectivity index (χ3n) is 3.92. The summed E-state index contributed by atoms with van der Waals surface area (Å²) >= 11 is 0. The minimum atomic E-state index is -0.366. The molecule has 0 aromatic heterocycles. The molecule has 0 aliphatic carbocycles. The minimum Gasteiger partial charge on any atom is -0.478 e. The summed E-state index contributed by atoms with van der Waals surface area (Å²) in [6, 6.07) is 16.2. The van der Waals surface area contributed by atoms with Gasteiger partial charge in [0.25, 0.3) is 5.91 Å². The molecule has 1 aliphatic heterocycles. The van der Waals surface area contributed by atoms with Crippen LogP contribution in [0.5, 0.6) is 5.75 Å². The molecule has 0 saturated carbocycles. The van der Waals surface area contributed by atoms with Crippen molar-refractivity contribution in [3.63, 3.8) is 0 Å². The lowest BCUT2D eigenvalue weighted by Crippen LogP contribution is -2.36. The van der Waals surface area contributed by atoms with Crippen molar-refractivity contribution >= 4 is 11.6 Å². The first-order valence-electron chi connectivity index (χ1n) is 8.11. The molecule has 1 heterocycles. The van der Waals surface area contributed by atoms with Crippen LogP contribution >= 0.6 is 0 Å². The van der Waals surface area contributed by atoms with Gasteiger partial charge < -0.3 is 15.4 Å². The van der Waals surface area contributed by atoms with Crippen molar-refractivity contribution in [2.75, 3.05) is 5.32 Å². The van der Waals surface area contributed by atoms with Gasteiger partial charge in [0, 0.05) is 13.1 Å². The zero-order valence-corrected chi connectivity index (χ0v) is 13.3. The average Bonchev–Trinajstić information content (AvgIpc) is 2.57. The normalized spacial score (nSPS) is 16.4. The zero-order chi connectivity index (χ0) is 16.1. The lowest BCUT2D eigenvalue weighted by atomic mass is 10.1. The Bertz CT molecular complexity index is 670. The van der Waals surface area contributed by atoms with E-state index in [0.29, 0.717) is 0 Å². The summed E-state index contributed by atoms with van der Waals surface area (Å²) in [6.45, 7) is 3.61. The molecule has 0 radical (unpaired) electrons. The predicted octanol–water partition coefficient (Wildman–Crippen LogP) is 3.48. The number of carbonyl (C=O) groups excluding carboxylic acids is 1. The molecule has 2 aromatic carbocycles. The van der Waals surface area contributed by atoms with Gasteiger partial charge in [0.2, 0.25) is 0 Å². The third-order valence-corrected chi connectivity index (χ3v) is 3.92. The highest BCUT2D eigenvalue weighted by Gasteiger charge is 2.26. The number of benzene rings is 2. The summed E-state index contributed by atoms with van der Waals surface area (Å²) in [7, 11) is 0. The van der Waals surface area contributed by atoms with Crippen LogP contribution in [0.25, 0.3) is 0 Å². The zero-order valence-electron chi connectivity index (χ0n) is 13.3. The van der Waals surface area contributed by atoms with E-state index in [9.17, 15) is 4.79 Å². The van der Waals surface area contributed by atoms with Crippen LogP contribution in [-0.2, 0) is 17.9 Å². The average molecular weight is 310 g/mol. The van der Waals surface area contributed by atoms with Crippen LogP contribution in [0.4, 0.5) is 5.69 Å². The number of amides is 1. The number of hydrogen-bond acceptors (Lipinski definition) is 3. The number of nitrogens with one attached hydrogen (secondary N) is 2. The van der Waals surface area contributed by atoms with Crippen LogP contribution in [0.15, 0.2) is 48.5 Å². The second-order valence-corrected chi connectivity index (χ2v) is 5.80. The SMILES string of the molecule is CCCC1Oc2ccc(CNCc3ccccc3)cc2NC1=O. The Kier molecular flexibility index (Phi) is 4.93. The monoisotopic (exact) mass is 310 g/mol. The standard InChI is InChI=1S/C19H22N2O2/c1-2-6-18-19(22)21-16-11-15(9-10-17(16)23-18)13-20-12-14-7-4-3-5-8-14/h3-5,7-11,18,20H,2,6,12-13H2,1H3,(H,21,22). The number of rotatable bonds is 6. The smallest absolute Gasteiger partial charge is 0.265 e. The van der Waals surface area contributed by atoms with Gasteiger partial charge in [-0.05, 0) is 29.7 Å². The molecule has 0 bridgehead atoms. The Morgan fingerprint density at radius 1 is 1.09 bits per heavy atom. The Balaban J connectivity index is 1.60. The molecular formula is C19H22N2O2. The van der Waals surface area contributed by atoms with Crippen LogP contribution < -0.4 is 15.4 Å². The van der Waals surface area contributed by atoms with Crippen molar-refractivity contribution in [3.8, 4) is 5.75 Å². The molecule has 0 fully saturated rings. The Morgan fingerprint density at radius 3 is 2.65 bits per heavy atom. The highest BCUT2D eigenvalue weighted by atomic mass is 16.5. The maximum Gasteiger partial charge on any atom is 0.265 e. The molecule has 120 valence electrons. The molecule has 4 nitrogen and oxygen atoms in total. The molecule has 1 atom stereocenters. The van der Waals surface area contributed by atoms with E-state index in [0.717, 1.165) is 42.9 Å². The first-order valence-corrected chi connectivity index (χ1v) is 8.11. The second kappa shape index (κ2) is 7.29. The first kappa shape index (κ1) is 15.6. The van der Waals surface area contributed by atoms with Gasteiger partial charge in [0.05, 0.1) is 5.69 Å². The van der Waals surface area contributed by atoms with E-state index in [-0.39, 0.29) is 12.0 Å². The maximum absolute atomic E-state index is 12.0. The van der Waals surface area contributed by atoms with Crippen molar-refractivity contribution in [2.24, 2.45) is 0 Å². The van der Waals surface area contributed by atoms with Gasteiger partial charge in [0.1, 0.15) is 5.75 Å². The van der Waals surface area contributed by atoms with Crippen molar-refractivity contribution in [1.82, 2.24) is 5.32 Å². The molecule has 4 heteroatoms. The molecular weight excluding hydrogens is 288 g/mol. The lowest BCUT2D eigenvalue weighted by Gasteiger charge is -2.26. The topological polar surface area (TPSA) is 50.4 Å². The van der Waals surface area contributed by atoms with E-state index >= 15 is 0 Å². The summed E-state index contributed by atoms with van der Waals surface area (Å²) in [5.41, 5.74) is 3.14. The van der Waals surface area contributed by atoms with Gasteiger partial charge >= 0.3 is 0 Å². The number of ether oxygens (including phenoxy) is 1. The molecule has 1 unspecified atom stereocenters. The number of hydrogen-bond donors (Lipinski definition) is 2. The van der Waals surface area contributed by atoms with Crippen LogP contribution in [0.3, 0.4) is 0 Å². The quantitative estimate of drug-likeness (QED) is 0.859. The summed E-state index contributed by atoms with van der Waals surface area (Å²) in [5, 5.41) is 6.36. The summed E-state index contributed by atoms with van der Waals surface area (Å²) < 4.78 is 5.78. The number of carbonyl (C=O) groups is 1. The Hall–Kier alpha value is -2.33.